The topological polar surface area (TPSA) is 170 Å². The first kappa shape index (κ1) is 25.0. The van der Waals surface area contributed by atoms with E-state index in [4.69, 9.17) is 5.73 Å². The van der Waals surface area contributed by atoms with Crippen molar-refractivity contribution in [1.82, 2.24) is 0 Å². The zero-order valence-corrected chi connectivity index (χ0v) is 20.5. The maximum absolute atomic E-state index is 11.4. The van der Waals surface area contributed by atoms with E-state index in [9.17, 15) is 24.9 Å². The number of benzene rings is 5. The average molecular weight is 520 g/mol. The van der Waals surface area contributed by atoms with Crippen LogP contribution in [0.4, 0.5) is 28.4 Å². The molecule has 10 heteroatoms. The number of azo groups is 2. The van der Waals surface area contributed by atoms with E-state index in [-0.39, 0.29) is 22.6 Å². The molecule has 5 N–H and O–H groups in total. The number of nitrogen functional groups attached to an aromatic ring is 1. The molecule has 0 saturated carbocycles. The molecule has 0 aromatic heterocycles. The summed E-state index contributed by atoms with van der Waals surface area (Å²) in [6.45, 7) is 1.83. The lowest BCUT2D eigenvalue weighted by Gasteiger charge is -2.09. The lowest BCUT2D eigenvalue weighted by molar-refractivity contribution is 0.0696. The summed E-state index contributed by atoms with van der Waals surface area (Å²) >= 11 is 0. The van der Waals surface area contributed by atoms with E-state index in [1.807, 2.05) is 43.3 Å². The Balaban J connectivity index is 1.54. The molecule has 0 radical (unpaired) electrons. The molecule has 0 fully saturated rings. The molecular formula is C29H21N5O5. The molecular weight excluding hydrogens is 498 g/mol. The first-order valence-electron chi connectivity index (χ1n) is 11.7. The molecule has 0 aliphatic heterocycles. The number of aromatic hydroxyl groups is 1. The van der Waals surface area contributed by atoms with Crippen molar-refractivity contribution in [1.29, 1.82) is 0 Å². The zero-order chi connectivity index (χ0) is 27.7. The van der Waals surface area contributed by atoms with E-state index in [1.165, 1.54) is 12.1 Å². The molecule has 10 nitrogen and oxygen atoms in total. The monoisotopic (exact) mass is 519 g/mol. The fourth-order valence-corrected chi connectivity index (χ4v) is 4.22. The van der Waals surface area contributed by atoms with Gasteiger partial charge < -0.3 is 21.1 Å². The van der Waals surface area contributed by atoms with Gasteiger partial charge in [0.1, 0.15) is 5.69 Å². The Bertz CT molecular complexity index is 1830. The SMILES string of the molecule is Cc1cc2ccc(N)cc2c(O)c1N=Nc1ccc(N=Nc2cc(C(=O)O)cc(C(=O)O)c2)c2ccccc12. The second-order valence-corrected chi connectivity index (χ2v) is 8.80. The van der Waals surface area contributed by atoms with Crippen LogP contribution in [0, 0.1) is 6.92 Å². The molecule has 5 rings (SSSR count). The van der Waals surface area contributed by atoms with Gasteiger partial charge in [-0.05, 0) is 66.4 Å². The minimum Gasteiger partial charge on any atom is -0.505 e. The smallest absolute Gasteiger partial charge is 0.335 e. The Hall–Kier alpha value is -5.64. The van der Waals surface area contributed by atoms with E-state index in [0.717, 1.165) is 17.0 Å². The van der Waals surface area contributed by atoms with Crippen molar-refractivity contribution < 1.29 is 24.9 Å². The minimum atomic E-state index is -1.27. The predicted octanol–water partition coefficient (Wildman–Crippen LogP) is 7.82. The molecule has 0 atom stereocenters. The molecule has 0 unspecified atom stereocenters. The van der Waals surface area contributed by atoms with Gasteiger partial charge in [0.05, 0.1) is 28.2 Å². The number of aryl methyl sites for hydroxylation is 1. The van der Waals surface area contributed by atoms with Crippen LogP contribution in [-0.2, 0) is 0 Å². The molecule has 5 aromatic carbocycles. The largest absolute Gasteiger partial charge is 0.505 e. The summed E-state index contributed by atoms with van der Waals surface area (Å²) in [5.74, 6) is -2.56. The van der Waals surface area contributed by atoms with Gasteiger partial charge in [-0.25, -0.2) is 9.59 Å². The fraction of sp³-hybridized carbons (Fsp3) is 0.0345. The highest BCUT2D eigenvalue weighted by atomic mass is 16.4. The number of aromatic carboxylic acids is 2. The normalized spacial score (nSPS) is 11.6. The fourth-order valence-electron chi connectivity index (χ4n) is 4.22. The van der Waals surface area contributed by atoms with E-state index >= 15 is 0 Å². The summed E-state index contributed by atoms with van der Waals surface area (Å²) in [6, 6.07) is 21.4. The first-order valence-corrected chi connectivity index (χ1v) is 11.7. The first-order chi connectivity index (χ1) is 18.7. The number of fused-ring (bicyclic) bond motifs is 2. The summed E-state index contributed by atoms with van der Waals surface area (Å²) in [5, 5.41) is 49.4. The molecule has 0 amide bonds. The number of carboxylic acid groups (broad SMARTS) is 2. The average Bonchev–Trinajstić information content (AvgIpc) is 2.92. The van der Waals surface area contributed by atoms with Crippen molar-refractivity contribution >= 4 is 61.9 Å². The number of carbonyl (C=O) groups is 2. The van der Waals surface area contributed by atoms with Gasteiger partial charge in [-0.1, -0.05) is 30.3 Å². The zero-order valence-electron chi connectivity index (χ0n) is 20.5. The van der Waals surface area contributed by atoms with Crippen molar-refractivity contribution in [3.63, 3.8) is 0 Å². The summed E-state index contributed by atoms with van der Waals surface area (Å²) in [5.41, 5.74) is 8.14. The molecule has 0 spiro atoms. The molecule has 0 heterocycles. The van der Waals surface area contributed by atoms with Crippen molar-refractivity contribution in [3.05, 3.63) is 95.6 Å². The Labute approximate surface area is 221 Å². The van der Waals surface area contributed by atoms with Gasteiger partial charge in [-0.15, -0.1) is 15.3 Å². The number of hydrogen-bond acceptors (Lipinski definition) is 8. The molecule has 0 saturated heterocycles. The summed E-state index contributed by atoms with van der Waals surface area (Å²) in [4.78, 5) is 22.8. The third kappa shape index (κ3) is 4.98. The molecule has 0 aliphatic carbocycles. The summed E-state index contributed by atoms with van der Waals surface area (Å²) < 4.78 is 0. The Kier molecular flexibility index (Phi) is 6.43. The molecule has 0 aliphatic rings. The van der Waals surface area contributed by atoms with E-state index in [0.29, 0.717) is 38.9 Å². The second kappa shape index (κ2) is 10.0. The van der Waals surface area contributed by atoms with Crippen LogP contribution in [0.5, 0.6) is 5.75 Å². The number of nitrogens with two attached hydrogens (primary N) is 1. The quantitative estimate of drug-likeness (QED) is 0.132. The predicted molar refractivity (Wildman–Crippen MR) is 147 cm³/mol. The maximum atomic E-state index is 11.4. The van der Waals surface area contributed by atoms with E-state index < -0.39 is 11.9 Å². The van der Waals surface area contributed by atoms with Gasteiger partial charge in [-0.3, -0.25) is 0 Å². The molecule has 39 heavy (non-hydrogen) atoms. The van der Waals surface area contributed by atoms with Gasteiger partial charge in [0.15, 0.2) is 5.75 Å². The number of phenols is 1. The Morgan fingerprint density at radius 3 is 1.87 bits per heavy atom. The van der Waals surface area contributed by atoms with Crippen molar-refractivity contribution in [2.45, 2.75) is 6.92 Å². The highest BCUT2D eigenvalue weighted by molar-refractivity contribution is 6.00. The third-order valence-corrected chi connectivity index (χ3v) is 6.12. The lowest BCUT2D eigenvalue weighted by Crippen LogP contribution is -2.01. The van der Waals surface area contributed by atoms with Crippen LogP contribution in [0.1, 0.15) is 26.3 Å². The number of carboxylic acids is 2. The summed E-state index contributed by atoms with van der Waals surface area (Å²) in [6.07, 6.45) is 0. The number of anilines is 1. The second-order valence-electron chi connectivity index (χ2n) is 8.80. The highest BCUT2D eigenvalue weighted by Gasteiger charge is 2.13. The summed E-state index contributed by atoms with van der Waals surface area (Å²) in [7, 11) is 0. The number of nitrogens with zero attached hydrogens (tertiary/aromatic N) is 4. The van der Waals surface area contributed by atoms with Gasteiger partial charge in [0, 0.05) is 21.8 Å². The van der Waals surface area contributed by atoms with Gasteiger partial charge in [0.2, 0.25) is 0 Å². The van der Waals surface area contributed by atoms with Crippen LogP contribution in [0.3, 0.4) is 0 Å². The maximum Gasteiger partial charge on any atom is 0.335 e. The highest BCUT2D eigenvalue weighted by Crippen LogP contribution is 2.41. The molecule has 192 valence electrons. The van der Waals surface area contributed by atoms with Crippen LogP contribution in [0.15, 0.2) is 99.3 Å². The number of hydrogen-bond donors (Lipinski definition) is 4. The van der Waals surface area contributed by atoms with Crippen molar-refractivity contribution in [3.8, 4) is 5.75 Å². The van der Waals surface area contributed by atoms with Crippen LogP contribution in [0.25, 0.3) is 21.5 Å². The van der Waals surface area contributed by atoms with Gasteiger partial charge in [-0.2, -0.15) is 5.11 Å². The van der Waals surface area contributed by atoms with Crippen LogP contribution in [-0.4, -0.2) is 27.3 Å². The van der Waals surface area contributed by atoms with E-state index in [2.05, 4.69) is 20.5 Å². The number of phenolic OH excluding ortho intramolecular Hbond substituents is 1. The minimum absolute atomic E-state index is 0.0138. The molecule has 5 aromatic rings. The van der Waals surface area contributed by atoms with Crippen molar-refractivity contribution in [2.75, 3.05) is 5.73 Å². The van der Waals surface area contributed by atoms with Crippen LogP contribution in [0.2, 0.25) is 0 Å². The van der Waals surface area contributed by atoms with Gasteiger partial charge >= 0.3 is 11.9 Å². The number of rotatable bonds is 6. The van der Waals surface area contributed by atoms with Crippen LogP contribution >= 0.6 is 0 Å². The van der Waals surface area contributed by atoms with E-state index in [1.54, 1.807) is 24.3 Å². The van der Waals surface area contributed by atoms with Crippen LogP contribution < -0.4 is 5.73 Å². The Morgan fingerprint density at radius 1 is 0.692 bits per heavy atom. The third-order valence-electron chi connectivity index (χ3n) is 6.12. The standard InChI is InChI=1S/C29H21N5O5/c1-15-10-16-6-7-19(30)14-23(16)27(35)26(15)34-33-25-9-8-24(21-4-2-3-5-22(21)25)32-31-20-12-17(28(36)37)11-18(13-20)29(38)39/h2-14,35H,30H2,1H3,(H,36,37)(H,38,39). The van der Waals surface area contributed by atoms with Gasteiger partial charge in [0.25, 0.3) is 0 Å². The van der Waals surface area contributed by atoms with Crippen molar-refractivity contribution in [2.24, 2.45) is 20.5 Å². The Morgan fingerprint density at radius 2 is 1.28 bits per heavy atom. The lowest BCUT2D eigenvalue weighted by atomic mass is 10.0. The molecule has 0 bridgehead atoms.